The zero-order chi connectivity index (χ0) is 18.2. The molecule has 25 heavy (non-hydrogen) atoms. The van der Waals surface area contributed by atoms with E-state index in [0.29, 0.717) is 55.1 Å². The van der Waals surface area contributed by atoms with E-state index in [9.17, 15) is 9.59 Å². The van der Waals surface area contributed by atoms with Crippen molar-refractivity contribution in [3.63, 3.8) is 0 Å². The molecule has 1 saturated heterocycles. The normalized spacial score (nSPS) is 18.9. The molecule has 1 spiro atoms. The number of likely N-dealkylation sites (tertiary alicyclic amines) is 1. The average molecular weight is 364 g/mol. The van der Waals surface area contributed by atoms with E-state index in [2.05, 4.69) is 6.92 Å². The first-order valence-electron chi connectivity index (χ1n) is 9.16. The molecule has 1 aromatic rings. The number of ether oxygens (including phenoxy) is 1. The SMILES string of the molecule is CCCCC(=O)N1CCC2(CC1)CC(=O)c1c(cc(C)c(Cl)c1C)O2. The van der Waals surface area contributed by atoms with Crippen LogP contribution < -0.4 is 4.74 Å². The first-order valence-corrected chi connectivity index (χ1v) is 9.54. The second kappa shape index (κ2) is 6.99. The summed E-state index contributed by atoms with van der Waals surface area (Å²) >= 11 is 6.30. The number of Topliss-reactive ketones (excluding diaryl/α,β-unsaturated/α-hetero) is 1. The molecule has 0 saturated carbocycles. The quantitative estimate of drug-likeness (QED) is 0.795. The van der Waals surface area contributed by atoms with E-state index in [-0.39, 0.29) is 11.7 Å². The molecule has 0 unspecified atom stereocenters. The van der Waals surface area contributed by atoms with Crippen LogP contribution in [0.25, 0.3) is 0 Å². The Kier molecular flexibility index (Phi) is 5.10. The summed E-state index contributed by atoms with van der Waals surface area (Å²) in [6.07, 6.45) is 4.36. The third kappa shape index (κ3) is 3.41. The first kappa shape index (κ1) is 18.2. The van der Waals surface area contributed by atoms with E-state index in [4.69, 9.17) is 16.3 Å². The van der Waals surface area contributed by atoms with Crippen LogP contribution in [0.2, 0.25) is 5.02 Å². The first-order chi connectivity index (χ1) is 11.9. The van der Waals surface area contributed by atoms with Crippen LogP contribution >= 0.6 is 11.6 Å². The summed E-state index contributed by atoms with van der Waals surface area (Å²) in [7, 11) is 0. The van der Waals surface area contributed by atoms with Crippen molar-refractivity contribution in [1.29, 1.82) is 0 Å². The molecule has 2 aliphatic heterocycles. The van der Waals surface area contributed by atoms with Gasteiger partial charge in [0.15, 0.2) is 5.78 Å². The lowest BCUT2D eigenvalue weighted by atomic mass is 9.81. The van der Waals surface area contributed by atoms with E-state index in [1.165, 1.54) is 0 Å². The Labute approximate surface area is 154 Å². The maximum atomic E-state index is 12.8. The number of piperidine rings is 1. The van der Waals surface area contributed by atoms with Crippen molar-refractivity contribution in [2.24, 2.45) is 0 Å². The third-order valence-corrected chi connectivity index (χ3v) is 6.09. The fourth-order valence-electron chi connectivity index (χ4n) is 3.93. The van der Waals surface area contributed by atoms with Crippen LogP contribution in [0, 0.1) is 13.8 Å². The van der Waals surface area contributed by atoms with E-state index < -0.39 is 5.60 Å². The molecule has 0 atom stereocenters. The van der Waals surface area contributed by atoms with E-state index >= 15 is 0 Å². The van der Waals surface area contributed by atoms with Crippen molar-refractivity contribution in [3.05, 3.63) is 27.8 Å². The molecule has 1 fully saturated rings. The number of hydrogen-bond acceptors (Lipinski definition) is 3. The van der Waals surface area contributed by atoms with Gasteiger partial charge in [0, 0.05) is 37.4 Å². The maximum absolute atomic E-state index is 12.8. The second-order valence-corrected chi connectivity index (χ2v) is 7.75. The third-order valence-electron chi connectivity index (χ3n) is 5.50. The van der Waals surface area contributed by atoms with Gasteiger partial charge in [0.1, 0.15) is 11.4 Å². The number of carbonyl (C=O) groups excluding carboxylic acids is 2. The molecule has 0 radical (unpaired) electrons. The van der Waals surface area contributed by atoms with Crippen LogP contribution in [-0.4, -0.2) is 35.3 Å². The number of unbranched alkanes of at least 4 members (excludes halogenated alkanes) is 1. The van der Waals surface area contributed by atoms with Gasteiger partial charge in [-0.3, -0.25) is 9.59 Å². The molecule has 5 heteroatoms. The van der Waals surface area contributed by atoms with Crippen LogP contribution in [0.4, 0.5) is 0 Å². The van der Waals surface area contributed by atoms with Gasteiger partial charge in [-0.05, 0) is 37.5 Å². The second-order valence-electron chi connectivity index (χ2n) is 7.37. The highest BCUT2D eigenvalue weighted by atomic mass is 35.5. The molecule has 1 amide bonds. The Morgan fingerprint density at radius 3 is 2.64 bits per heavy atom. The number of aryl methyl sites for hydroxylation is 1. The zero-order valence-electron chi connectivity index (χ0n) is 15.3. The Bertz CT molecular complexity index is 705. The van der Waals surface area contributed by atoms with Crippen LogP contribution in [0.5, 0.6) is 5.75 Å². The van der Waals surface area contributed by atoms with Crippen molar-refractivity contribution in [2.45, 2.75) is 64.9 Å². The van der Waals surface area contributed by atoms with Crippen molar-refractivity contribution in [2.75, 3.05) is 13.1 Å². The van der Waals surface area contributed by atoms with Crippen LogP contribution in [-0.2, 0) is 4.79 Å². The highest BCUT2D eigenvalue weighted by Crippen LogP contribution is 2.43. The topological polar surface area (TPSA) is 46.6 Å². The number of benzene rings is 1. The van der Waals surface area contributed by atoms with Gasteiger partial charge in [0.2, 0.25) is 5.91 Å². The number of rotatable bonds is 3. The molecular formula is C20H26ClNO3. The molecular weight excluding hydrogens is 338 g/mol. The lowest BCUT2D eigenvalue weighted by molar-refractivity contribution is -0.134. The van der Waals surface area contributed by atoms with E-state index in [1.54, 1.807) is 0 Å². The summed E-state index contributed by atoms with van der Waals surface area (Å²) in [4.78, 5) is 26.9. The summed E-state index contributed by atoms with van der Waals surface area (Å²) in [5.74, 6) is 0.977. The van der Waals surface area contributed by atoms with Gasteiger partial charge in [-0.15, -0.1) is 0 Å². The lowest BCUT2D eigenvalue weighted by Crippen LogP contribution is -2.52. The number of fused-ring (bicyclic) bond motifs is 1. The minimum absolute atomic E-state index is 0.103. The summed E-state index contributed by atoms with van der Waals surface area (Å²) in [5, 5.41) is 0.642. The number of carbonyl (C=O) groups is 2. The van der Waals surface area contributed by atoms with Gasteiger partial charge in [-0.2, -0.15) is 0 Å². The van der Waals surface area contributed by atoms with Gasteiger partial charge in [-0.1, -0.05) is 24.9 Å². The molecule has 2 heterocycles. The maximum Gasteiger partial charge on any atom is 0.222 e. The lowest BCUT2D eigenvalue weighted by Gasteiger charge is -2.44. The molecule has 1 aromatic carbocycles. The number of nitrogens with zero attached hydrogens (tertiary/aromatic N) is 1. The summed E-state index contributed by atoms with van der Waals surface area (Å²) < 4.78 is 6.34. The fraction of sp³-hybridized carbons (Fsp3) is 0.600. The van der Waals surface area contributed by atoms with Crippen molar-refractivity contribution in [3.8, 4) is 5.75 Å². The number of ketones is 1. The number of halogens is 1. The molecule has 3 rings (SSSR count). The van der Waals surface area contributed by atoms with E-state index in [1.807, 2.05) is 24.8 Å². The van der Waals surface area contributed by atoms with Crippen molar-refractivity contribution in [1.82, 2.24) is 4.90 Å². The smallest absolute Gasteiger partial charge is 0.222 e. The molecule has 4 nitrogen and oxygen atoms in total. The largest absolute Gasteiger partial charge is 0.486 e. The number of hydrogen-bond donors (Lipinski definition) is 0. The minimum Gasteiger partial charge on any atom is -0.486 e. The Morgan fingerprint density at radius 1 is 1.32 bits per heavy atom. The molecule has 136 valence electrons. The standard InChI is InChI=1S/C20H26ClNO3/c1-4-5-6-17(24)22-9-7-20(8-10-22)12-15(23)18-14(3)19(21)13(2)11-16(18)25-20/h11H,4-10,12H2,1-3H3. The van der Waals surface area contributed by atoms with Crippen LogP contribution in [0.15, 0.2) is 6.07 Å². The zero-order valence-corrected chi connectivity index (χ0v) is 16.0. The molecule has 0 aromatic heterocycles. The van der Waals surface area contributed by atoms with Gasteiger partial charge in [0.25, 0.3) is 0 Å². The Morgan fingerprint density at radius 2 is 2.00 bits per heavy atom. The Hall–Kier alpha value is -1.55. The van der Waals surface area contributed by atoms with Gasteiger partial charge in [-0.25, -0.2) is 0 Å². The molecule has 0 aliphatic carbocycles. The monoisotopic (exact) mass is 363 g/mol. The highest BCUT2D eigenvalue weighted by Gasteiger charge is 2.44. The predicted octanol–water partition coefficient (Wildman–Crippen LogP) is 4.47. The van der Waals surface area contributed by atoms with Crippen LogP contribution in [0.3, 0.4) is 0 Å². The minimum atomic E-state index is -0.474. The Balaban J connectivity index is 1.76. The molecule has 0 bridgehead atoms. The van der Waals surface area contributed by atoms with Gasteiger partial charge >= 0.3 is 0 Å². The van der Waals surface area contributed by atoms with Crippen LogP contribution in [0.1, 0.15) is 66.9 Å². The fourth-order valence-corrected chi connectivity index (χ4v) is 4.08. The predicted molar refractivity (Wildman–Crippen MR) is 98.6 cm³/mol. The average Bonchev–Trinajstić information content (AvgIpc) is 2.57. The summed E-state index contributed by atoms with van der Waals surface area (Å²) in [6.45, 7) is 7.23. The molecule has 2 aliphatic rings. The summed E-state index contributed by atoms with van der Waals surface area (Å²) in [6, 6.07) is 1.88. The van der Waals surface area contributed by atoms with E-state index in [0.717, 1.165) is 24.0 Å². The van der Waals surface area contributed by atoms with Crippen molar-refractivity contribution < 1.29 is 14.3 Å². The molecule has 0 N–H and O–H groups in total. The van der Waals surface area contributed by atoms with Crippen molar-refractivity contribution >= 4 is 23.3 Å². The van der Waals surface area contributed by atoms with Gasteiger partial charge in [0.05, 0.1) is 12.0 Å². The number of amides is 1. The van der Waals surface area contributed by atoms with Gasteiger partial charge < -0.3 is 9.64 Å². The highest BCUT2D eigenvalue weighted by molar-refractivity contribution is 6.32. The summed E-state index contributed by atoms with van der Waals surface area (Å²) in [5.41, 5.74) is 1.89.